The third kappa shape index (κ3) is 5.99. The summed E-state index contributed by atoms with van der Waals surface area (Å²) in [5.41, 5.74) is 24.1. The fourth-order valence-corrected chi connectivity index (χ4v) is 10.3. The molecule has 11 rings (SSSR count). The van der Waals surface area contributed by atoms with Crippen LogP contribution < -0.4 is 4.90 Å². The molecule has 0 saturated heterocycles. The van der Waals surface area contributed by atoms with Gasteiger partial charge in [-0.1, -0.05) is 204 Å². The molecule has 1 nitrogen and oxygen atoms in total. The Morgan fingerprint density at radius 2 is 0.541 bits per heavy atom. The molecule has 0 saturated carbocycles. The summed E-state index contributed by atoms with van der Waals surface area (Å²) >= 11 is 0. The Morgan fingerprint density at radius 3 is 0.951 bits per heavy atom. The largest absolute Gasteiger partial charge is 0.311 e. The first-order chi connectivity index (χ1) is 29.8. The minimum Gasteiger partial charge on any atom is -0.311 e. The maximum Gasteiger partial charge on any atom is 0.0462 e. The molecule has 2 aliphatic carbocycles. The van der Waals surface area contributed by atoms with Gasteiger partial charge in [0.1, 0.15) is 0 Å². The first kappa shape index (κ1) is 36.8. The average Bonchev–Trinajstić information content (AvgIpc) is 3.70. The van der Waals surface area contributed by atoms with Crippen molar-refractivity contribution in [2.75, 3.05) is 4.90 Å². The van der Waals surface area contributed by atoms with Gasteiger partial charge in [-0.05, 0) is 125 Å². The summed E-state index contributed by atoms with van der Waals surface area (Å²) in [6.07, 6.45) is 0. The van der Waals surface area contributed by atoms with Gasteiger partial charge in [-0.25, -0.2) is 0 Å². The molecule has 0 atom stereocenters. The van der Waals surface area contributed by atoms with Gasteiger partial charge in [0.15, 0.2) is 0 Å². The standard InChI is InChI=1S/C60H47N/c1-59(2)53-20-10-8-16-51(53)57-49(18-12-22-55(57)59)44-30-36-47(37-31-44)61(46-34-28-43(29-35-46)42-26-24-41(25-27-42)40-14-6-5-7-15-40)48-38-32-45(33-39-48)50-19-13-23-56-58(50)52-17-9-11-21-54(52)60(56,3)4/h5-39H,1-4H3. The Bertz CT molecular complexity index is 2930. The van der Waals surface area contributed by atoms with Crippen LogP contribution >= 0.6 is 0 Å². The minimum absolute atomic E-state index is 0.0413. The maximum atomic E-state index is 2.39. The topological polar surface area (TPSA) is 3.24 Å². The van der Waals surface area contributed by atoms with Crippen LogP contribution in [0.1, 0.15) is 49.9 Å². The molecule has 0 fully saturated rings. The van der Waals surface area contributed by atoms with Crippen LogP contribution in [0.25, 0.3) is 66.8 Å². The van der Waals surface area contributed by atoms with E-state index in [1.807, 2.05) is 0 Å². The van der Waals surface area contributed by atoms with Gasteiger partial charge < -0.3 is 4.90 Å². The van der Waals surface area contributed by atoms with Gasteiger partial charge in [0.2, 0.25) is 0 Å². The van der Waals surface area contributed by atoms with Gasteiger partial charge in [0.25, 0.3) is 0 Å². The van der Waals surface area contributed by atoms with Crippen molar-refractivity contribution < 1.29 is 0 Å². The summed E-state index contributed by atoms with van der Waals surface area (Å²) in [6, 6.07) is 78.3. The number of rotatable bonds is 7. The number of hydrogen-bond donors (Lipinski definition) is 0. The van der Waals surface area contributed by atoms with E-state index in [1.54, 1.807) is 0 Å². The molecule has 0 bridgehead atoms. The van der Waals surface area contributed by atoms with E-state index in [2.05, 4.69) is 245 Å². The summed E-state index contributed by atoms with van der Waals surface area (Å²) in [6.45, 7) is 9.40. The Kier molecular flexibility index (Phi) is 8.58. The minimum atomic E-state index is -0.0413. The number of anilines is 3. The van der Waals surface area contributed by atoms with Crippen molar-refractivity contribution in [1.29, 1.82) is 0 Å². The Balaban J connectivity index is 0.979. The molecule has 9 aromatic rings. The zero-order valence-corrected chi connectivity index (χ0v) is 35.2. The predicted molar refractivity (Wildman–Crippen MR) is 258 cm³/mol. The highest BCUT2D eigenvalue weighted by molar-refractivity contribution is 5.95. The molecular weight excluding hydrogens is 735 g/mol. The van der Waals surface area contributed by atoms with E-state index in [0.717, 1.165) is 17.1 Å². The second-order valence-electron chi connectivity index (χ2n) is 17.7. The third-order valence-electron chi connectivity index (χ3n) is 13.5. The molecule has 0 heterocycles. The van der Waals surface area contributed by atoms with Gasteiger partial charge >= 0.3 is 0 Å². The second-order valence-corrected chi connectivity index (χ2v) is 17.7. The van der Waals surface area contributed by atoms with Crippen LogP contribution in [0.15, 0.2) is 212 Å². The van der Waals surface area contributed by atoms with Crippen molar-refractivity contribution >= 4 is 17.1 Å². The number of benzene rings is 9. The van der Waals surface area contributed by atoms with Crippen molar-refractivity contribution in [2.24, 2.45) is 0 Å². The Morgan fingerprint density at radius 1 is 0.246 bits per heavy atom. The van der Waals surface area contributed by atoms with Gasteiger partial charge in [-0.3, -0.25) is 0 Å². The summed E-state index contributed by atoms with van der Waals surface area (Å²) < 4.78 is 0. The molecule has 0 aromatic heterocycles. The van der Waals surface area contributed by atoms with Crippen molar-refractivity contribution in [2.45, 2.75) is 38.5 Å². The quantitative estimate of drug-likeness (QED) is 0.156. The molecule has 0 N–H and O–H groups in total. The molecule has 0 radical (unpaired) electrons. The summed E-state index contributed by atoms with van der Waals surface area (Å²) in [7, 11) is 0. The highest BCUT2D eigenvalue weighted by Crippen LogP contribution is 2.53. The third-order valence-corrected chi connectivity index (χ3v) is 13.5. The van der Waals surface area contributed by atoms with Gasteiger partial charge in [-0.15, -0.1) is 0 Å². The smallest absolute Gasteiger partial charge is 0.0462 e. The lowest BCUT2D eigenvalue weighted by molar-refractivity contribution is 0.660. The van der Waals surface area contributed by atoms with Crippen LogP contribution in [0.5, 0.6) is 0 Å². The van der Waals surface area contributed by atoms with E-state index >= 15 is 0 Å². The summed E-state index contributed by atoms with van der Waals surface area (Å²) in [5.74, 6) is 0. The Hall–Kier alpha value is -7.22. The van der Waals surface area contributed by atoms with E-state index in [1.165, 1.54) is 89.0 Å². The normalized spacial score (nSPS) is 13.8. The molecule has 9 aromatic carbocycles. The second kappa shape index (κ2) is 14.2. The van der Waals surface area contributed by atoms with Crippen molar-refractivity contribution in [3.8, 4) is 66.8 Å². The zero-order chi connectivity index (χ0) is 41.3. The van der Waals surface area contributed by atoms with Gasteiger partial charge in [-0.2, -0.15) is 0 Å². The lowest BCUT2D eigenvalue weighted by Crippen LogP contribution is -2.14. The molecule has 61 heavy (non-hydrogen) atoms. The molecule has 1 heteroatoms. The first-order valence-electron chi connectivity index (χ1n) is 21.5. The lowest BCUT2D eigenvalue weighted by Gasteiger charge is -2.26. The molecule has 2 aliphatic rings. The van der Waals surface area contributed by atoms with Crippen LogP contribution in [0.4, 0.5) is 17.1 Å². The van der Waals surface area contributed by atoms with E-state index in [-0.39, 0.29) is 10.8 Å². The average molecular weight is 782 g/mol. The van der Waals surface area contributed by atoms with E-state index in [4.69, 9.17) is 0 Å². The maximum absolute atomic E-state index is 2.39. The molecule has 0 amide bonds. The van der Waals surface area contributed by atoms with Crippen LogP contribution in [-0.4, -0.2) is 0 Å². The van der Waals surface area contributed by atoms with Crippen molar-refractivity contribution in [3.63, 3.8) is 0 Å². The summed E-state index contributed by atoms with van der Waals surface area (Å²) in [5, 5.41) is 0. The van der Waals surface area contributed by atoms with E-state index in [0.29, 0.717) is 0 Å². The fraction of sp³-hybridized carbons (Fsp3) is 0.100. The van der Waals surface area contributed by atoms with Crippen LogP contribution in [0.3, 0.4) is 0 Å². The van der Waals surface area contributed by atoms with Gasteiger partial charge in [0, 0.05) is 27.9 Å². The molecule has 0 spiro atoms. The predicted octanol–water partition coefficient (Wildman–Crippen LogP) is 16.4. The number of hydrogen-bond acceptors (Lipinski definition) is 1. The highest BCUT2D eigenvalue weighted by atomic mass is 15.1. The number of nitrogens with zero attached hydrogens (tertiary/aromatic N) is 1. The van der Waals surface area contributed by atoms with Crippen LogP contribution in [0.2, 0.25) is 0 Å². The van der Waals surface area contributed by atoms with Gasteiger partial charge in [0.05, 0.1) is 0 Å². The zero-order valence-electron chi connectivity index (χ0n) is 35.2. The van der Waals surface area contributed by atoms with Crippen molar-refractivity contribution in [3.05, 3.63) is 235 Å². The first-order valence-corrected chi connectivity index (χ1v) is 21.5. The molecular formula is C60H47N. The Labute approximate surface area is 360 Å². The van der Waals surface area contributed by atoms with E-state index < -0.39 is 0 Å². The lowest BCUT2D eigenvalue weighted by atomic mass is 9.82. The van der Waals surface area contributed by atoms with Crippen LogP contribution in [0, 0.1) is 0 Å². The highest BCUT2D eigenvalue weighted by Gasteiger charge is 2.37. The number of fused-ring (bicyclic) bond motifs is 6. The van der Waals surface area contributed by atoms with Crippen molar-refractivity contribution in [1.82, 2.24) is 0 Å². The molecule has 0 aliphatic heterocycles. The SMILES string of the molecule is CC1(C)c2ccccc2-c2c(-c3ccc(N(c4ccc(-c5ccc(-c6ccccc6)cc5)cc4)c4ccc(-c5cccc6c5-c5ccccc5C6(C)C)cc4)cc3)cccc21. The van der Waals surface area contributed by atoms with E-state index in [9.17, 15) is 0 Å². The van der Waals surface area contributed by atoms with Crippen LogP contribution in [-0.2, 0) is 10.8 Å². The summed E-state index contributed by atoms with van der Waals surface area (Å²) in [4.78, 5) is 2.39. The monoisotopic (exact) mass is 781 g/mol. The fourth-order valence-electron chi connectivity index (χ4n) is 10.3. The molecule has 292 valence electrons. The molecule has 0 unspecified atom stereocenters.